The number of nitrogens with one attached hydrogen (secondary N) is 2. The van der Waals surface area contributed by atoms with Crippen molar-refractivity contribution in [3.8, 4) is 0 Å². The van der Waals surface area contributed by atoms with Gasteiger partial charge in [-0.3, -0.25) is 4.79 Å². The summed E-state index contributed by atoms with van der Waals surface area (Å²) in [5, 5.41) is 6.57. The highest BCUT2D eigenvalue weighted by Crippen LogP contribution is 2.33. The third-order valence-corrected chi connectivity index (χ3v) is 4.75. The second-order valence-corrected chi connectivity index (χ2v) is 6.06. The molecule has 0 bridgehead atoms. The van der Waals surface area contributed by atoms with Gasteiger partial charge in [0.2, 0.25) is 5.91 Å². The van der Waals surface area contributed by atoms with Gasteiger partial charge in [0.15, 0.2) is 0 Å². The predicted molar refractivity (Wildman–Crippen MR) is 77.3 cm³/mol. The summed E-state index contributed by atoms with van der Waals surface area (Å²) < 4.78 is 2.06. The first-order chi connectivity index (χ1) is 9.74. The second-order valence-electron chi connectivity index (χ2n) is 6.06. The van der Waals surface area contributed by atoms with Crippen molar-refractivity contribution < 1.29 is 4.79 Å². The Kier molecular flexibility index (Phi) is 4.05. The average Bonchev–Trinajstić information content (AvgIpc) is 3.05. The Balaban J connectivity index is 1.44. The minimum Gasteiger partial charge on any atom is -0.353 e. The molecule has 0 spiro atoms. The molecule has 1 aromatic rings. The van der Waals surface area contributed by atoms with Crippen molar-refractivity contribution in [3.63, 3.8) is 0 Å². The van der Waals surface area contributed by atoms with Crippen LogP contribution in [0.3, 0.4) is 0 Å². The Morgan fingerprint density at radius 3 is 3.10 bits per heavy atom. The van der Waals surface area contributed by atoms with Gasteiger partial charge in [-0.2, -0.15) is 0 Å². The number of fused-ring (bicyclic) bond motifs is 1. The molecule has 3 rings (SSSR count). The largest absolute Gasteiger partial charge is 0.353 e. The number of nitrogens with zero attached hydrogens (tertiary/aromatic N) is 2. The minimum absolute atomic E-state index is 0.0204. The van der Waals surface area contributed by atoms with Crippen molar-refractivity contribution in [1.82, 2.24) is 20.2 Å². The Labute approximate surface area is 120 Å². The molecule has 2 heterocycles. The number of hydrogen-bond donors (Lipinski definition) is 2. The molecule has 1 amide bonds. The van der Waals surface area contributed by atoms with Gasteiger partial charge in [-0.05, 0) is 32.1 Å². The molecule has 5 nitrogen and oxygen atoms in total. The van der Waals surface area contributed by atoms with E-state index in [1.54, 1.807) is 6.20 Å². The number of carbonyl (C=O) groups is 1. The number of amides is 1. The van der Waals surface area contributed by atoms with Gasteiger partial charge >= 0.3 is 0 Å². The molecule has 1 saturated carbocycles. The van der Waals surface area contributed by atoms with E-state index in [0.29, 0.717) is 12.6 Å². The molecule has 3 unspecified atom stereocenters. The minimum atomic E-state index is 0.0204. The fraction of sp³-hybridized carbons (Fsp3) is 0.733. The van der Waals surface area contributed by atoms with Crippen LogP contribution in [0.25, 0.3) is 0 Å². The van der Waals surface area contributed by atoms with Crippen molar-refractivity contribution >= 4 is 5.91 Å². The van der Waals surface area contributed by atoms with E-state index in [1.807, 2.05) is 13.1 Å². The Hall–Kier alpha value is -1.36. The lowest BCUT2D eigenvalue weighted by Gasteiger charge is -2.24. The van der Waals surface area contributed by atoms with Crippen LogP contribution in [0, 0.1) is 12.8 Å². The molecule has 0 aromatic carbocycles. The maximum absolute atomic E-state index is 12.2. The number of aryl methyl sites for hydroxylation is 1. The van der Waals surface area contributed by atoms with Crippen molar-refractivity contribution in [2.75, 3.05) is 6.54 Å². The number of carbonyl (C=O) groups excluding carboxylic acids is 1. The van der Waals surface area contributed by atoms with E-state index in [0.717, 1.165) is 24.7 Å². The van der Waals surface area contributed by atoms with E-state index in [1.165, 1.54) is 25.7 Å². The summed E-state index contributed by atoms with van der Waals surface area (Å²) >= 11 is 0. The molecule has 110 valence electrons. The van der Waals surface area contributed by atoms with Crippen LogP contribution in [-0.2, 0) is 11.3 Å². The molecule has 1 aromatic heterocycles. The van der Waals surface area contributed by atoms with Crippen molar-refractivity contribution in [1.29, 1.82) is 0 Å². The highest BCUT2D eigenvalue weighted by atomic mass is 16.2. The lowest BCUT2D eigenvalue weighted by molar-refractivity contribution is -0.122. The lowest BCUT2D eigenvalue weighted by atomic mass is 9.85. The molecule has 1 aliphatic heterocycles. The summed E-state index contributed by atoms with van der Waals surface area (Å²) in [6.07, 6.45) is 9.92. The van der Waals surface area contributed by atoms with Gasteiger partial charge in [0.05, 0.1) is 6.04 Å². The smallest absolute Gasteiger partial charge is 0.237 e. The van der Waals surface area contributed by atoms with E-state index < -0.39 is 0 Å². The molecule has 2 aliphatic rings. The third-order valence-electron chi connectivity index (χ3n) is 4.75. The molecule has 5 heteroatoms. The standard InChI is InChI=1S/C15H24N4O/c1-11-16-6-8-19(11)9-7-17-15(20)14-10-12-4-2-3-5-13(12)18-14/h6,8,12-14,18H,2-5,7,9-10H2,1H3,(H,17,20). The summed E-state index contributed by atoms with van der Waals surface area (Å²) in [5.41, 5.74) is 0. The van der Waals surface area contributed by atoms with Gasteiger partial charge in [-0.15, -0.1) is 0 Å². The molecular weight excluding hydrogens is 252 g/mol. The summed E-state index contributed by atoms with van der Waals surface area (Å²) in [6.45, 7) is 3.44. The molecule has 1 aliphatic carbocycles. The Bertz CT molecular complexity index is 456. The summed E-state index contributed by atoms with van der Waals surface area (Å²) in [6, 6.07) is 0.599. The highest BCUT2D eigenvalue weighted by molar-refractivity contribution is 5.82. The molecule has 0 radical (unpaired) electrons. The van der Waals surface area contributed by atoms with E-state index in [2.05, 4.69) is 20.2 Å². The number of aromatic nitrogens is 2. The van der Waals surface area contributed by atoms with Gasteiger partial charge in [0, 0.05) is 31.5 Å². The number of rotatable bonds is 4. The summed E-state index contributed by atoms with van der Waals surface area (Å²) in [5.74, 6) is 1.87. The first kappa shape index (κ1) is 13.6. The van der Waals surface area contributed by atoms with Crippen molar-refractivity contribution in [2.45, 2.75) is 57.7 Å². The Morgan fingerprint density at radius 2 is 2.35 bits per heavy atom. The third kappa shape index (κ3) is 2.87. The van der Waals surface area contributed by atoms with Crippen LogP contribution in [0.4, 0.5) is 0 Å². The zero-order valence-corrected chi connectivity index (χ0v) is 12.1. The van der Waals surface area contributed by atoms with Crippen molar-refractivity contribution in [3.05, 3.63) is 18.2 Å². The number of imidazole rings is 1. The second kappa shape index (κ2) is 5.95. The predicted octanol–water partition coefficient (Wildman–Crippen LogP) is 1.23. The van der Waals surface area contributed by atoms with Crippen LogP contribution in [0.2, 0.25) is 0 Å². The SMILES string of the molecule is Cc1nccn1CCNC(=O)C1CC2CCCCC2N1. The molecule has 2 fully saturated rings. The average molecular weight is 276 g/mol. The molecule has 2 N–H and O–H groups in total. The first-order valence-electron chi connectivity index (χ1n) is 7.75. The van der Waals surface area contributed by atoms with Gasteiger partial charge in [0.25, 0.3) is 0 Å². The van der Waals surface area contributed by atoms with Gasteiger partial charge in [-0.1, -0.05) is 12.8 Å². The van der Waals surface area contributed by atoms with Gasteiger partial charge in [0.1, 0.15) is 5.82 Å². The zero-order valence-electron chi connectivity index (χ0n) is 12.1. The summed E-state index contributed by atoms with van der Waals surface area (Å²) in [7, 11) is 0. The molecular formula is C15H24N4O. The molecule has 1 saturated heterocycles. The first-order valence-corrected chi connectivity index (χ1v) is 7.75. The Morgan fingerprint density at radius 1 is 1.50 bits per heavy atom. The van der Waals surface area contributed by atoms with E-state index >= 15 is 0 Å². The van der Waals surface area contributed by atoms with Crippen LogP contribution in [0.5, 0.6) is 0 Å². The maximum Gasteiger partial charge on any atom is 0.237 e. The number of hydrogen-bond acceptors (Lipinski definition) is 3. The quantitative estimate of drug-likeness (QED) is 0.869. The van der Waals surface area contributed by atoms with Crippen molar-refractivity contribution in [2.24, 2.45) is 5.92 Å². The molecule has 3 atom stereocenters. The van der Waals surface area contributed by atoms with Crippen LogP contribution >= 0.6 is 0 Å². The normalized spacial score (nSPS) is 29.1. The van der Waals surface area contributed by atoms with Crippen LogP contribution < -0.4 is 10.6 Å². The fourth-order valence-corrected chi connectivity index (χ4v) is 3.58. The monoisotopic (exact) mass is 276 g/mol. The zero-order chi connectivity index (χ0) is 13.9. The summed E-state index contributed by atoms with van der Waals surface area (Å²) in [4.78, 5) is 16.4. The van der Waals surface area contributed by atoms with Crippen LogP contribution in [-0.4, -0.2) is 34.1 Å². The van der Waals surface area contributed by atoms with E-state index in [9.17, 15) is 4.79 Å². The van der Waals surface area contributed by atoms with E-state index in [-0.39, 0.29) is 11.9 Å². The van der Waals surface area contributed by atoms with Gasteiger partial charge < -0.3 is 15.2 Å². The fourth-order valence-electron chi connectivity index (χ4n) is 3.58. The lowest BCUT2D eigenvalue weighted by Crippen LogP contribution is -2.43. The van der Waals surface area contributed by atoms with E-state index in [4.69, 9.17) is 0 Å². The van der Waals surface area contributed by atoms with Gasteiger partial charge in [-0.25, -0.2) is 4.98 Å². The van der Waals surface area contributed by atoms with Crippen LogP contribution in [0.15, 0.2) is 12.4 Å². The maximum atomic E-state index is 12.2. The topological polar surface area (TPSA) is 59.0 Å². The highest BCUT2D eigenvalue weighted by Gasteiger charge is 2.37. The van der Waals surface area contributed by atoms with Crippen LogP contribution in [0.1, 0.15) is 37.9 Å². The molecule has 20 heavy (non-hydrogen) atoms.